The molecule has 0 amide bonds. The van der Waals surface area contributed by atoms with E-state index in [0.717, 1.165) is 11.1 Å². The van der Waals surface area contributed by atoms with E-state index < -0.39 is 0 Å². The van der Waals surface area contributed by atoms with Crippen LogP contribution in [0, 0.1) is 11.8 Å². The van der Waals surface area contributed by atoms with Gasteiger partial charge in [0, 0.05) is 11.8 Å². The Morgan fingerprint density at radius 1 is 0.917 bits per heavy atom. The average molecular weight is 328 g/mol. The molecule has 4 rings (SSSR count). The normalized spacial score (nSPS) is 25.0. The van der Waals surface area contributed by atoms with Crippen LogP contribution in [0.4, 0.5) is 0 Å². The Labute approximate surface area is 137 Å². The van der Waals surface area contributed by atoms with Gasteiger partial charge < -0.3 is 25.2 Å². The molecule has 2 aromatic rings. The van der Waals surface area contributed by atoms with Crippen LogP contribution >= 0.6 is 0 Å². The number of carbonyl (C=O) groups excluding carboxylic acids is 1. The third-order valence-corrected chi connectivity index (χ3v) is 5.04. The third-order valence-electron chi connectivity index (χ3n) is 5.04. The highest BCUT2D eigenvalue weighted by Crippen LogP contribution is 2.49. The molecule has 1 aliphatic heterocycles. The van der Waals surface area contributed by atoms with Crippen molar-refractivity contribution in [1.29, 1.82) is 0 Å². The summed E-state index contributed by atoms with van der Waals surface area (Å²) in [7, 11) is 0. The second-order valence-corrected chi connectivity index (χ2v) is 6.37. The van der Waals surface area contributed by atoms with Gasteiger partial charge in [0.1, 0.15) is 0 Å². The highest BCUT2D eigenvalue weighted by Gasteiger charge is 2.47. The number of phenolic OH excluding ortho intramolecular Hbond substituents is 4. The molecular weight excluding hydrogens is 312 g/mol. The second kappa shape index (κ2) is 5.06. The molecule has 6 nitrogen and oxygen atoms in total. The summed E-state index contributed by atoms with van der Waals surface area (Å²) in [6.07, 6.45) is 0.438. The molecule has 0 radical (unpaired) electrons. The molecule has 24 heavy (non-hydrogen) atoms. The van der Waals surface area contributed by atoms with Crippen LogP contribution in [0.2, 0.25) is 0 Å². The fourth-order valence-electron chi connectivity index (χ4n) is 3.87. The molecule has 2 aliphatic rings. The first kappa shape index (κ1) is 14.7. The molecule has 1 saturated heterocycles. The standard InChI is InChI=1S/C18H16O6/c19-13-2-1-8(4-14(13)20)17-10-6-16(22)15(21)5-9(10)3-11-12(17)7-24-18(11)23/h1-2,4-6,11-12,17,19-22H,3,7H2/t11-,12-,17-/m0/s1. The number of fused-ring (bicyclic) bond motifs is 2. The van der Waals surface area contributed by atoms with Gasteiger partial charge in [0.25, 0.3) is 0 Å². The van der Waals surface area contributed by atoms with Crippen molar-refractivity contribution in [2.24, 2.45) is 11.8 Å². The number of cyclic esters (lactones) is 1. The van der Waals surface area contributed by atoms with Gasteiger partial charge in [-0.2, -0.15) is 0 Å². The summed E-state index contributed by atoms with van der Waals surface area (Å²) in [5.41, 5.74) is 2.27. The van der Waals surface area contributed by atoms with Crippen LogP contribution in [0.1, 0.15) is 22.6 Å². The van der Waals surface area contributed by atoms with Crippen LogP contribution in [0.5, 0.6) is 23.0 Å². The number of benzene rings is 2. The van der Waals surface area contributed by atoms with E-state index in [4.69, 9.17) is 4.74 Å². The summed E-state index contributed by atoms with van der Waals surface area (Å²) in [4.78, 5) is 12.0. The van der Waals surface area contributed by atoms with E-state index in [9.17, 15) is 25.2 Å². The van der Waals surface area contributed by atoms with Gasteiger partial charge in [-0.3, -0.25) is 4.79 Å². The lowest BCUT2D eigenvalue weighted by Gasteiger charge is -2.33. The minimum Gasteiger partial charge on any atom is -0.504 e. The van der Waals surface area contributed by atoms with Gasteiger partial charge in [0.05, 0.1) is 12.5 Å². The maximum absolute atomic E-state index is 12.0. The Hall–Kier alpha value is -2.89. The number of phenols is 4. The SMILES string of the molecule is O=C1OC[C@@H]2[C@@H](c3ccc(O)c(O)c3)c3cc(O)c(O)cc3C[C@H]12. The van der Waals surface area contributed by atoms with E-state index in [0.29, 0.717) is 12.0 Å². The summed E-state index contributed by atoms with van der Waals surface area (Å²) in [5, 5.41) is 39.1. The molecule has 1 fully saturated rings. The first-order valence-corrected chi connectivity index (χ1v) is 7.69. The van der Waals surface area contributed by atoms with Gasteiger partial charge >= 0.3 is 5.97 Å². The predicted octanol–water partition coefficient (Wildman–Crippen LogP) is 1.99. The molecule has 4 N–H and O–H groups in total. The number of rotatable bonds is 1. The number of esters is 1. The Morgan fingerprint density at radius 3 is 2.38 bits per heavy atom. The monoisotopic (exact) mass is 328 g/mol. The van der Waals surface area contributed by atoms with Crippen molar-refractivity contribution in [3.05, 3.63) is 47.0 Å². The maximum Gasteiger partial charge on any atom is 0.309 e. The van der Waals surface area contributed by atoms with E-state index in [1.807, 2.05) is 0 Å². The van der Waals surface area contributed by atoms with Crippen molar-refractivity contribution < 1.29 is 30.0 Å². The zero-order chi connectivity index (χ0) is 17.0. The Morgan fingerprint density at radius 2 is 1.62 bits per heavy atom. The summed E-state index contributed by atoms with van der Waals surface area (Å²) < 4.78 is 5.22. The number of ether oxygens (including phenoxy) is 1. The molecule has 0 unspecified atom stereocenters. The smallest absolute Gasteiger partial charge is 0.309 e. The van der Waals surface area contributed by atoms with Crippen molar-refractivity contribution in [2.45, 2.75) is 12.3 Å². The molecule has 3 atom stereocenters. The Bertz CT molecular complexity index is 844. The lowest BCUT2D eigenvalue weighted by atomic mass is 9.67. The van der Waals surface area contributed by atoms with Gasteiger partial charge in [-0.1, -0.05) is 6.07 Å². The largest absolute Gasteiger partial charge is 0.504 e. The first-order chi connectivity index (χ1) is 11.5. The second-order valence-electron chi connectivity index (χ2n) is 6.37. The maximum atomic E-state index is 12.0. The summed E-state index contributed by atoms with van der Waals surface area (Å²) in [6.45, 7) is 0.261. The lowest BCUT2D eigenvalue weighted by Crippen LogP contribution is -2.30. The molecule has 1 heterocycles. The molecule has 0 spiro atoms. The van der Waals surface area contributed by atoms with Crippen molar-refractivity contribution in [3.63, 3.8) is 0 Å². The van der Waals surface area contributed by atoms with Crippen LogP contribution in [-0.4, -0.2) is 33.0 Å². The van der Waals surface area contributed by atoms with Gasteiger partial charge in [-0.25, -0.2) is 0 Å². The van der Waals surface area contributed by atoms with Crippen LogP contribution in [0.3, 0.4) is 0 Å². The van der Waals surface area contributed by atoms with Gasteiger partial charge in [-0.15, -0.1) is 0 Å². The summed E-state index contributed by atoms with van der Waals surface area (Å²) >= 11 is 0. The highest BCUT2D eigenvalue weighted by molar-refractivity contribution is 5.77. The van der Waals surface area contributed by atoms with E-state index in [2.05, 4.69) is 0 Å². The lowest BCUT2D eigenvalue weighted by molar-refractivity contribution is -0.141. The molecule has 0 bridgehead atoms. The van der Waals surface area contributed by atoms with E-state index in [1.54, 1.807) is 6.07 Å². The topological polar surface area (TPSA) is 107 Å². The number of aromatic hydroxyl groups is 4. The van der Waals surface area contributed by atoms with Crippen molar-refractivity contribution >= 4 is 5.97 Å². The molecular formula is C18H16O6. The van der Waals surface area contributed by atoms with Crippen LogP contribution in [0.15, 0.2) is 30.3 Å². The van der Waals surface area contributed by atoms with Gasteiger partial charge in [-0.05, 0) is 47.4 Å². The zero-order valence-electron chi connectivity index (χ0n) is 12.6. The third kappa shape index (κ3) is 2.06. The van der Waals surface area contributed by atoms with Crippen LogP contribution in [-0.2, 0) is 16.0 Å². The number of hydrogen-bond donors (Lipinski definition) is 4. The minimum atomic E-state index is -0.331. The molecule has 1 aliphatic carbocycles. The van der Waals surface area contributed by atoms with Gasteiger partial charge in [0.2, 0.25) is 0 Å². The average Bonchev–Trinajstić information content (AvgIpc) is 2.90. The Kier molecular flexibility index (Phi) is 3.09. The molecule has 124 valence electrons. The quantitative estimate of drug-likeness (QED) is 0.471. The van der Waals surface area contributed by atoms with Crippen LogP contribution < -0.4 is 0 Å². The fourth-order valence-corrected chi connectivity index (χ4v) is 3.87. The number of carbonyl (C=O) groups is 1. The van der Waals surface area contributed by atoms with Crippen molar-refractivity contribution in [3.8, 4) is 23.0 Å². The van der Waals surface area contributed by atoms with Crippen molar-refractivity contribution in [2.75, 3.05) is 6.61 Å². The van der Waals surface area contributed by atoms with Crippen LogP contribution in [0.25, 0.3) is 0 Å². The highest BCUT2D eigenvalue weighted by atomic mass is 16.5. The molecule has 0 saturated carbocycles. The summed E-state index contributed by atoms with van der Waals surface area (Å²) in [5.74, 6) is -1.95. The molecule has 6 heteroatoms. The van der Waals surface area contributed by atoms with E-state index >= 15 is 0 Å². The molecule has 0 aromatic heterocycles. The van der Waals surface area contributed by atoms with E-state index in [-0.39, 0.29) is 53.3 Å². The van der Waals surface area contributed by atoms with Gasteiger partial charge in [0.15, 0.2) is 23.0 Å². The fraction of sp³-hybridized carbons (Fsp3) is 0.278. The van der Waals surface area contributed by atoms with Crippen molar-refractivity contribution in [1.82, 2.24) is 0 Å². The first-order valence-electron chi connectivity index (χ1n) is 7.69. The minimum absolute atomic E-state index is 0.127. The summed E-state index contributed by atoms with van der Waals surface area (Å²) in [6, 6.07) is 7.50. The molecule has 2 aromatic carbocycles. The Balaban J connectivity index is 1.91. The predicted molar refractivity (Wildman–Crippen MR) is 83.0 cm³/mol. The zero-order valence-corrected chi connectivity index (χ0v) is 12.6. The number of hydrogen-bond acceptors (Lipinski definition) is 6. The van der Waals surface area contributed by atoms with E-state index in [1.165, 1.54) is 24.3 Å².